The highest BCUT2D eigenvalue weighted by Crippen LogP contribution is 2.15. The van der Waals surface area contributed by atoms with E-state index in [-0.39, 0.29) is 11.4 Å². The van der Waals surface area contributed by atoms with E-state index in [1.165, 1.54) is 0 Å². The Kier molecular flexibility index (Phi) is 4.21. The molecule has 2 aromatic rings. The minimum Gasteiger partial charge on any atom is -0.350 e. The number of nitrogens with one attached hydrogen (secondary N) is 1. The predicted molar refractivity (Wildman–Crippen MR) is 84.6 cm³/mol. The van der Waals surface area contributed by atoms with Gasteiger partial charge in [0.05, 0.1) is 5.56 Å². The number of hydrogen-bond donors (Lipinski definition) is 1. The molecule has 0 unspecified atom stereocenters. The molecule has 1 aromatic heterocycles. The molecule has 0 spiro atoms. The molecule has 0 aliphatic heterocycles. The second kappa shape index (κ2) is 5.91. The van der Waals surface area contributed by atoms with Crippen molar-refractivity contribution in [1.82, 2.24) is 9.97 Å². The van der Waals surface area contributed by atoms with E-state index in [0.717, 1.165) is 5.69 Å². The van der Waals surface area contributed by atoms with Crippen molar-refractivity contribution in [2.45, 2.75) is 26.3 Å². The van der Waals surface area contributed by atoms with Crippen LogP contribution in [0.3, 0.4) is 0 Å². The molecule has 21 heavy (non-hydrogen) atoms. The molecule has 5 nitrogen and oxygen atoms in total. The van der Waals surface area contributed by atoms with Gasteiger partial charge in [0.1, 0.15) is 0 Å². The van der Waals surface area contributed by atoms with Gasteiger partial charge in [-0.1, -0.05) is 18.2 Å². The number of anilines is 2. The molecule has 0 aliphatic rings. The summed E-state index contributed by atoms with van der Waals surface area (Å²) in [6.07, 6.45) is 3.09. The molecule has 1 heterocycles. The highest BCUT2D eigenvalue weighted by Gasteiger charge is 2.15. The SMILES string of the molecule is CN(C(=O)c1cnc(NC(C)(C)C)nc1)c1ccccc1. The predicted octanol–water partition coefficient (Wildman–Crippen LogP) is 2.96. The van der Waals surface area contributed by atoms with Gasteiger partial charge in [0.2, 0.25) is 5.95 Å². The molecule has 0 saturated carbocycles. The van der Waals surface area contributed by atoms with Crippen LogP contribution in [0.4, 0.5) is 11.6 Å². The third-order valence-corrected chi connectivity index (χ3v) is 2.83. The fourth-order valence-corrected chi connectivity index (χ4v) is 1.80. The quantitative estimate of drug-likeness (QED) is 0.941. The van der Waals surface area contributed by atoms with Crippen molar-refractivity contribution in [2.75, 3.05) is 17.3 Å². The number of carbonyl (C=O) groups is 1. The van der Waals surface area contributed by atoms with Gasteiger partial charge in [-0.15, -0.1) is 0 Å². The smallest absolute Gasteiger partial charge is 0.261 e. The largest absolute Gasteiger partial charge is 0.350 e. The van der Waals surface area contributed by atoms with Crippen LogP contribution < -0.4 is 10.2 Å². The van der Waals surface area contributed by atoms with Crippen molar-refractivity contribution in [3.05, 3.63) is 48.3 Å². The number of para-hydroxylation sites is 1. The topological polar surface area (TPSA) is 58.1 Å². The van der Waals surface area contributed by atoms with Crippen LogP contribution in [0.1, 0.15) is 31.1 Å². The van der Waals surface area contributed by atoms with E-state index < -0.39 is 0 Å². The standard InChI is InChI=1S/C16H20N4O/c1-16(2,3)19-15-17-10-12(11-18-15)14(21)20(4)13-8-6-5-7-9-13/h5-11H,1-4H3,(H,17,18,19). The summed E-state index contributed by atoms with van der Waals surface area (Å²) >= 11 is 0. The molecule has 0 fully saturated rings. The lowest BCUT2D eigenvalue weighted by atomic mass is 10.1. The summed E-state index contributed by atoms with van der Waals surface area (Å²) in [6, 6.07) is 9.47. The molecule has 1 amide bonds. The molecule has 0 aliphatic carbocycles. The minimum atomic E-state index is -0.136. The van der Waals surface area contributed by atoms with Crippen LogP contribution in [-0.2, 0) is 0 Å². The maximum Gasteiger partial charge on any atom is 0.261 e. The first-order valence-electron chi connectivity index (χ1n) is 6.80. The van der Waals surface area contributed by atoms with Gasteiger partial charge in [0.25, 0.3) is 5.91 Å². The first kappa shape index (κ1) is 15.0. The second-order valence-electron chi connectivity index (χ2n) is 5.87. The van der Waals surface area contributed by atoms with Crippen LogP contribution in [0.25, 0.3) is 0 Å². The van der Waals surface area contributed by atoms with Crippen molar-refractivity contribution in [1.29, 1.82) is 0 Å². The highest BCUT2D eigenvalue weighted by molar-refractivity contribution is 6.05. The van der Waals surface area contributed by atoms with Gasteiger partial charge in [-0.2, -0.15) is 0 Å². The van der Waals surface area contributed by atoms with Crippen molar-refractivity contribution >= 4 is 17.5 Å². The molecule has 0 radical (unpaired) electrons. The van der Waals surface area contributed by atoms with Crippen molar-refractivity contribution < 1.29 is 4.79 Å². The van der Waals surface area contributed by atoms with E-state index in [2.05, 4.69) is 15.3 Å². The summed E-state index contributed by atoms with van der Waals surface area (Å²) in [5, 5.41) is 3.16. The van der Waals surface area contributed by atoms with Gasteiger partial charge >= 0.3 is 0 Å². The van der Waals surface area contributed by atoms with Gasteiger partial charge in [0, 0.05) is 30.7 Å². The van der Waals surface area contributed by atoms with E-state index >= 15 is 0 Å². The second-order valence-corrected chi connectivity index (χ2v) is 5.87. The lowest BCUT2D eigenvalue weighted by Gasteiger charge is -2.20. The van der Waals surface area contributed by atoms with E-state index in [9.17, 15) is 4.79 Å². The summed E-state index contributed by atoms with van der Waals surface area (Å²) in [4.78, 5) is 22.3. The lowest BCUT2D eigenvalue weighted by Crippen LogP contribution is -2.28. The first-order valence-corrected chi connectivity index (χ1v) is 6.80. The van der Waals surface area contributed by atoms with Gasteiger partial charge in [0.15, 0.2) is 0 Å². The zero-order chi connectivity index (χ0) is 15.5. The Hall–Kier alpha value is -2.43. The minimum absolute atomic E-state index is 0.119. The molecule has 0 bridgehead atoms. The molecular weight excluding hydrogens is 264 g/mol. The Morgan fingerprint density at radius 3 is 2.19 bits per heavy atom. The molecule has 1 aromatic carbocycles. The van der Waals surface area contributed by atoms with E-state index in [1.54, 1.807) is 24.3 Å². The van der Waals surface area contributed by atoms with Crippen molar-refractivity contribution in [2.24, 2.45) is 0 Å². The molecule has 0 atom stereocenters. The Morgan fingerprint density at radius 1 is 1.10 bits per heavy atom. The number of amides is 1. The maximum atomic E-state index is 12.4. The van der Waals surface area contributed by atoms with Crippen LogP contribution in [0.15, 0.2) is 42.7 Å². The highest BCUT2D eigenvalue weighted by atomic mass is 16.2. The van der Waals surface area contributed by atoms with Crippen LogP contribution >= 0.6 is 0 Å². The number of rotatable bonds is 3. The van der Waals surface area contributed by atoms with Gasteiger partial charge < -0.3 is 10.2 Å². The molecule has 110 valence electrons. The first-order chi connectivity index (χ1) is 9.87. The molecule has 5 heteroatoms. The lowest BCUT2D eigenvalue weighted by molar-refractivity contribution is 0.0992. The normalized spacial score (nSPS) is 11.0. The van der Waals surface area contributed by atoms with Crippen LogP contribution in [-0.4, -0.2) is 28.5 Å². The maximum absolute atomic E-state index is 12.4. The average Bonchev–Trinajstić information content (AvgIpc) is 2.46. The Labute approximate surface area is 125 Å². The zero-order valence-electron chi connectivity index (χ0n) is 12.8. The Morgan fingerprint density at radius 2 is 1.67 bits per heavy atom. The van der Waals surface area contributed by atoms with Crippen molar-refractivity contribution in [3.8, 4) is 0 Å². The van der Waals surface area contributed by atoms with Crippen LogP contribution in [0.2, 0.25) is 0 Å². The van der Waals surface area contributed by atoms with Gasteiger partial charge in [-0.25, -0.2) is 9.97 Å². The van der Waals surface area contributed by atoms with E-state index in [1.807, 2.05) is 51.1 Å². The van der Waals surface area contributed by atoms with E-state index in [4.69, 9.17) is 0 Å². The monoisotopic (exact) mass is 284 g/mol. The zero-order valence-corrected chi connectivity index (χ0v) is 12.8. The molecule has 1 N–H and O–H groups in total. The van der Waals surface area contributed by atoms with Crippen molar-refractivity contribution in [3.63, 3.8) is 0 Å². The number of aromatic nitrogens is 2. The van der Waals surface area contributed by atoms with E-state index in [0.29, 0.717) is 11.5 Å². The number of carbonyl (C=O) groups excluding carboxylic acids is 1. The third-order valence-electron chi connectivity index (χ3n) is 2.83. The van der Waals surface area contributed by atoms with Crippen LogP contribution in [0, 0.1) is 0 Å². The Balaban J connectivity index is 2.13. The fraction of sp³-hybridized carbons (Fsp3) is 0.312. The summed E-state index contributed by atoms with van der Waals surface area (Å²) in [5.74, 6) is 0.380. The number of benzene rings is 1. The molecular formula is C16H20N4O. The summed E-state index contributed by atoms with van der Waals surface area (Å²) in [5.41, 5.74) is 1.17. The molecule has 0 saturated heterocycles. The Bertz CT molecular complexity index is 602. The van der Waals surface area contributed by atoms with Crippen LogP contribution in [0.5, 0.6) is 0 Å². The van der Waals surface area contributed by atoms with Gasteiger partial charge in [-0.3, -0.25) is 4.79 Å². The number of nitrogens with zero attached hydrogens (tertiary/aromatic N) is 3. The molecule has 2 rings (SSSR count). The fourth-order valence-electron chi connectivity index (χ4n) is 1.80. The third kappa shape index (κ3) is 4.02. The summed E-state index contributed by atoms with van der Waals surface area (Å²) in [7, 11) is 1.74. The average molecular weight is 284 g/mol. The number of hydrogen-bond acceptors (Lipinski definition) is 4. The summed E-state index contributed by atoms with van der Waals surface area (Å²) in [6.45, 7) is 6.08. The van der Waals surface area contributed by atoms with Gasteiger partial charge in [-0.05, 0) is 32.9 Å². The summed E-state index contributed by atoms with van der Waals surface area (Å²) < 4.78 is 0.